The molecule has 0 fully saturated rings. The molecule has 16 heavy (non-hydrogen) atoms. The quantitative estimate of drug-likeness (QED) is 0.764. The Kier molecular flexibility index (Phi) is 2.65. The molecule has 0 aliphatic rings. The average molecular weight is 212 g/mol. The predicted octanol–water partition coefficient (Wildman–Crippen LogP) is 2.28. The van der Waals surface area contributed by atoms with Crippen molar-refractivity contribution in [3.8, 4) is 23.6 Å². The van der Waals surface area contributed by atoms with Crippen LogP contribution in [0.1, 0.15) is 5.56 Å². The van der Waals surface area contributed by atoms with Crippen molar-refractivity contribution < 1.29 is 9.84 Å². The highest BCUT2D eigenvalue weighted by molar-refractivity contribution is 5.44. The Morgan fingerprint density at radius 2 is 2.06 bits per heavy atom. The Morgan fingerprint density at radius 3 is 2.81 bits per heavy atom. The molecule has 0 aliphatic heterocycles. The number of nitriles is 1. The minimum absolute atomic E-state index is 0.128. The fourth-order valence-corrected chi connectivity index (χ4v) is 1.14. The maximum absolute atomic E-state index is 10.9. The second-order valence-electron chi connectivity index (χ2n) is 2.90. The maximum atomic E-state index is 10.9. The Morgan fingerprint density at radius 1 is 1.25 bits per heavy atom. The molecule has 0 unspecified atom stereocenters. The molecular formula is C11H6N3O2. The molecule has 0 N–H and O–H groups in total. The van der Waals surface area contributed by atoms with Gasteiger partial charge in [-0.15, -0.1) is 0 Å². The summed E-state index contributed by atoms with van der Waals surface area (Å²) >= 11 is 0. The van der Waals surface area contributed by atoms with Gasteiger partial charge in [0.25, 0.3) is 5.88 Å². The zero-order valence-electron chi connectivity index (χ0n) is 8.12. The van der Waals surface area contributed by atoms with Crippen LogP contribution in [-0.2, 0) is 5.11 Å². The first-order chi connectivity index (χ1) is 7.79. The molecule has 0 amide bonds. The summed E-state index contributed by atoms with van der Waals surface area (Å²) in [4.78, 5) is 7.18. The minimum atomic E-state index is -0.431. The van der Waals surface area contributed by atoms with Crippen LogP contribution in [0.5, 0.6) is 17.5 Å². The van der Waals surface area contributed by atoms with Crippen molar-refractivity contribution in [1.29, 1.82) is 5.26 Å². The summed E-state index contributed by atoms with van der Waals surface area (Å²) in [6.07, 6.45) is 1.12. The van der Waals surface area contributed by atoms with E-state index in [1.165, 1.54) is 0 Å². The van der Waals surface area contributed by atoms with E-state index in [0.29, 0.717) is 11.3 Å². The summed E-state index contributed by atoms with van der Waals surface area (Å²) in [6, 6.07) is 9.85. The number of aromatic nitrogens is 2. The van der Waals surface area contributed by atoms with Gasteiger partial charge in [0.2, 0.25) is 5.88 Å². The molecule has 5 nitrogen and oxygen atoms in total. The van der Waals surface area contributed by atoms with Gasteiger partial charge in [-0.2, -0.15) is 10.2 Å². The van der Waals surface area contributed by atoms with Crippen molar-refractivity contribution >= 4 is 0 Å². The Hall–Kier alpha value is -2.61. The van der Waals surface area contributed by atoms with Gasteiger partial charge in [0.05, 0.1) is 11.6 Å². The lowest BCUT2D eigenvalue weighted by atomic mass is 10.2. The molecule has 0 saturated carbocycles. The van der Waals surface area contributed by atoms with Crippen LogP contribution in [-0.4, -0.2) is 9.97 Å². The van der Waals surface area contributed by atoms with Gasteiger partial charge in [-0.25, -0.2) is 4.98 Å². The molecule has 1 aromatic carbocycles. The first kappa shape index (κ1) is 9.93. The molecule has 0 spiro atoms. The second kappa shape index (κ2) is 4.28. The minimum Gasteiger partial charge on any atom is -0.437 e. The van der Waals surface area contributed by atoms with Crippen molar-refractivity contribution in [2.45, 2.75) is 0 Å². The fourth-order valence-electron chi connectivity index (χ4n) is 1.14. The van der Waals surface area contributed by atoms with E-state index in [2.05, 4.69) is 9.97 Å². The summed E-state index contributed by atoms with van der Waals surface area (Å²) in [5.41, 5.74) is 0.383. The zero-order chi connectivity index (χ0) is 11.4. The van der Waals surface area contributed by atoms with E-state index in [1.807, 2.05) is 6.07 Å². The van der Waals surface area contributed by atoms with Crippen molar-refractivity contribution in [3.05, 3.63) is 42.2 Å². The van der Waals surface area contributed by atoms with Gasteiger partial charge in [-0.3, -0.25) is 5.11 Å². The van der Waals surface area contributed by atoms with Gasteiger partial charge >= 0.3 is 0 Å². The van der Waals surface area contributed by atoms with E-state index < -0.39 is 5.88 Å². The zero-order valence-corrected chi connectivity index (χ0v) is 8.12. The second-order valence-corrected chi connectivity index (χ2v) is 2.90. The van der Waals surface area contributed by atoms with Crippen LogP contribution in [0.25, 0.3) is 0 Å². The largest absolute Gasteiger partial charge is 0.437 e. The van der Waals surface area contributed by atoms with Crippen LogP contribution >= 0.6 is 0 Å². The number of benzene rings is 1. The van der Waals surface area contributed by atoms with E-state index in [0.717, 1.165) is 12.4 Å². The van der Waals surface area contributed by atoms with E-state index in [4.69, 9.17) is 10.00 Å². The van der Waals surface area contributed by atoms with Crippen LogP contribution < -0.4 is 4.74 Å². The summed E-state index contributed by atoms with van der Waals surface area (Å²) in [5.74, 6) is 0.0604. The van der Waals surface area contributed by atoms with Crippen LogP contribution in [0, 0.1) is 11.3 Å². The molecule has 77 valence electrons. The topological polar surface area (TPSA) is 78.7 Å². The highest BCUT2D eigenvalue weighted by Gasteiger charge is 2.05. The molecule has 2 rings (SSSR count). The standard InChI is InChI=1S/C11H6N3O2/c12-6-8-3-1-2-4-9(8)16-11-5-10(15)13-7-14-11/h1-5,7H. The maximum Gasteiger partial charge on any atom is 0.276 e. The van der Waals surface area contributed by atoms with E-state index in [9.17, 15) is 5.11 Å². The SMILES string of the molecule is N#Cc1ccccc1Oc1cc([O])ncn1. The molecule has 1 radical (unpaired) electrons. The smallest absolute Gasteiger partial charge is 0.276 e. The van der Waals surface area contributed by atoms with E-state index >= 15 is 0 Å². The van der Waals surface area contributed by atoms with Gasteiger partial charge < -0.3 is 4.74 Å². The molecular weight excluding hydrogens is 206 g/mol. The number of para-hydroxylation sites is 1. The fraction of sp³-hybridized carbons (Fsp3) is 0. The third kappa shape index (κ3) is 2.07. The third-order valence-corrected chi connectivity index (χ3v) is 1.84. The van der Waals surface area contributed by atoms with Crippen molar-refractivity contribution in [2.24, 2.45) is 0 Å². The van der Waals surface area contributed by atoms with E-state index in [-0.39, 0.29) is 5.88 Å². The number of nitrogens with zero attached hydrogens (tertiary/aromatic N) is 3. The van der Waals surface area contributed by atoms with Gasteiger partial charge in [-0.1, -0.05) is 12.1 Å². The number of ether oxygens (including phenoxy) is 1. The average Bonchev–Trinajstić information content (AvgIpc) is 2.30. The van der Waals surface area contributed by atoms with Crippen LogP contribution in [0.15, 0.2) is 36.7 Å². The Labute approximate surface area is 91.6 Å². The molecule has 0 saturated heterocycles. The van der Waals surface area contributed by atoms with E-state index in [1.54, 1.807) is 24.3 Å². The molecule has 0 aliphatic carbocycles. The van der Waals surface area contributed by atoms with Crippen LogP contribution in [0.4, 0.5) is 0 Å². The normalized spacial score (nSPS) is 9.44. The van der Waals surface area contributed by atoms with Crippen molar-refractivity contribution in [2.75, 3.05) is 0 Å². The molecule has 0 atom stereocenters. The van der Waals surface area contributed by atoms with Crippen LogP contribution in [0.2, 0.25) is 0 Å². The van der Waals surface area contributed by atoms with Gasteiger partial charge in [0, 0.05) is 0 Å². The molecule has 0 bridgehead atoms. The third-order valence-electron chi connectivity index (χ3n) is 1.84. The van der Waals surface area contributed by atoms with Gasteiger partial charge in [-0.05, 0) is 12.1 Å². The first-order valence-electron chi connectivity index (χ1n) is 4.45. The molecule has 5 heteroatoms. The molecule has 2 aromatic rings. The summed E-state index contributed by atoms with van der Waals surface area (Å²) < 4.78 is 5.31. The number of hydrogen-bond donors (Lipinski definition) is 0. The highest BCUT2D eigenvalue weighted by atomic mass is 16.5. The Bertz CT molecular complexity index is 549. The van der Waals surface area contributed by atoms with Gasteiger partial charge in [0.1, 0.15) is 18.1 Å². The lowest BCUT2D eigenvalue weighted by molar-refractivity contribution is 0.332. The highest BCUT2D eigenvalue weighted by Crippen LogP contribution is 2.24. The molecule has 1 aromatic heterocycles. The summed E-state index contributed by atoms with van der Waals surface area (Å²) in [7, 11) is 0. The number of rotatable bonds is 2. The van der Waals surface area contributed by atoms with Crippen LogP contribution in [0.3, 0.4) is 0 Å². The monoisotopic (exact) mass is 212 g/mol. The van der Waals surface area contributed by atoms with Crippen molar-refractivity contribution in [3.63, 3.8) is 0 Å². The molecule has 1 heterocycles. The lowest BCUT2D eigenvalue weighted by Crippen LogP contribution is -1.90. The first-order valence-corrected chi connectivity index (χ1v) is 4.45. The predicted molar refractivity (Wildman–Crippen MR) is 53.4 cm³/mol. The summed E-state index contributed by atoms with van der Waals surface area (Å²) in [5, 5.41) is 19.8. The number of hydrogen-bond acceptors (Lipinski definition) is 4. The van der Waals surface area contributed by atoms with Gasteiger partial charge in [0.15, 0.2) is 0 Å². The van der Waals surface area contributed by atoms with Crippen molar-refractivity contribution in [1.82, 2.24) is 9.97 Å². The Balaban J connectivity index is 2.31. The lowest BCUT2D eigenvalue weighted by Gasteiger charge is -2.04. The summed E-state index contributed by atoms with van der Waals surface area (Å²) in [6.45, 7) is 0.